The summed E-state index contributed by atoms with van der Waals surface area (Å²) in [5, 5.41) is 0. The van der Waals surface area contributed by atoms with Gasteiger partial charge in [-0.05, 0) is 26.2 Å². The fourth-order valence-electron chi connectivity index (χ4n) is 1.75. The SMILES string of the molecule is C=CCCCCCCCCCP(=O)(O)OCC. The fraction of sp³-hybridized carbons (Fsp3) is 0.846. The van der Waals surface area contributed by atoms with Gasteiger partial charge in [-0.1, -0.05) is 38.2 Å². The molecule has 0 fully saturated rings. The van der Waals surface area contributed by atoms with E-state index in [1.807, 2.05) is 6.08 Å². The highest BCUT2D eigenvalue weighted by Crippen LogP contribution is 2.42. The van der Waals surface area contributed by atoms with Crippen molar-refractivity contribution in [3.63, 3.8) is 0 Å². The Morgan fingerprint density at radius 1 is 1.12 bits per heavy atom. The molecule has 0 bridgehead atoms. The summed E-state index contributed by atoms with van der Waals surface area (Å²) < 4.78 is 16.1. The summed E-state index contributed by atoms with van der Waals surface area (Å²) in [5.41, 5.74) is 0. The van der Waals surface area contributed by atoms with Gasteiger partial charge in [0.2, 0.25) is 0 Å². The summed E-state index contributed by atoms with van der Waals surface area (Å²) in [6, 6.07) is 0. The lowest BCUT2D eigenvalue weighted by molar-refractivity contribution is 0.272. The standard InChI is InChI=1S/C13H27O3P/c1-3-5-6-7-8-9-10-11-12-13-17(14,15)16-4-2/h3H,1,4-13H2,2H3,(H,14,15). The van der Waals surface area contributed by atoms with Gasteiger partial charge in [0, 0.05) is 6.16 Å². The zero-order valence-electron chi connectivity index (χ0n) is 11.1. The normalized spacial score (nSPS) is 14.5. The molecule has 17 heavy (non-hydrogen) atoms. The highest BCUT2D eigenvalue weighted by Gasteiger charge is 2.16. The Hall–Kier alpha value is -0.110. The third-order valence-electron chi connectivity index (χ3n) is 2.68. The van der Waals surface area contributed by atoms with Crippen LogP contribution in [0.1, 0.15) is 58.3 Å². The zero-order chi connectivity index (χ0) is 13.0. The highest BCUT2D eigenvalue weighted by atomic mass is 31.2. The van der Waals surface area contributed by atoms with Crippen LogP contribution in [0, 0.1) is 0 Å². The van der Waals surface area contributed by atoms with Crippen LogP contribution in [0.4, 0.5) is 0 Å². The quantitative estimate of drug-likeness (QED) is 0.319. The van der Waals surface area contributed by atoms with Crippen molar-refractivity contribution in [2.45, 2.75) is 58.3 Å². The van der Waals surface area contributed by atoms with E-state index in [1.165, 1.54) is 25.7 Å². The molecule has 0 aromatic heterocycles. The highest BCUT2D eigenvalue weighted by molar-refractivity contribution is 7.52. The molecule has 0 spiro atoms. The molecule has 0 aliphatic heterocycles. The average Bonchev–Trinajstić information content (AvgIpc) is 2.27. The first-order valence-electron chi connectivity index (χ1n) is 6.69. The van der Waals surface area contributed by atoms with Gasteiger partial charge < -0.3 is 9.42 Å². The molecule has 0 radical (unpaired) electrons. The molecular weight excluding hydrogens is 235 g/mol. The summed E-state index contributed by atoms with van der Waals surface area (Å²) in [6.07, 6.45) is 11.3. The Bertz CT molecular complexity index is 229. The van der Waals surface area contributed by atoms with Crippen molar-refractivity contribution < 1.29 is 14.0 Å². The van der Waals surface area contributed by atoms with E-state index in [9.17, 15) is 9.46 Å². The second kappa shape index (κ2) is 11.0. The Labute approximate surface area is 106 Å². The monoisotopic (exact) mass is 262 g/mol. The van der Waals surface area contributed by atoms with Crippen molar-refractivity contribution in [3.05, 3.63) is 12.7 Å². The first kappa shape index (κ1) is 16.9. The molecule has 0 heterocycles. The number of allylic oxidation sites excluding steroid dienone is 1. The average molecular weight is 262 g/mol. The molecule has 0 amide bonds. The molecule has 0 saturated carbocycles. The molecule has 0 aliphatic rings. The summed E-state index contributed by atoms with van der Waals surface area (Å²) in [4.78, 5) is 9.34. The van der Waals surface area contributed by atoms with E-state index in [4.69, 9.17) is 4.52 Å². The Morgan fingerprint density at radius 2 is 1.65 bits per heavy atom. The van der Waals surface area contributed by atoms with Gasteiger partial charge in [-0.25, -0.2) is 0 Å². The number of hydrogen-bond donors (Lipinski definition) is 1. The molecule has 102 valence electrons. The van der Waals surface area contributed by atoms with Gasteiger partial charge in [-0.3, -0.25) is 4.57 Å². The lowest BCUT2D eigenvalue weighted by atomic mass is 10.1. The van der Waals surface area contributed by atoms with E-state index in [0.717, 1.165) is 25.7 Å². The maximum atomic E-state index is 11.3. The molecule has 0 aliphatic carbocycles. The van der Waals surface area contributed by atoms with Gasteiger partial charge in [-0.15, -0.1) is 6.58 Å². The minimum absolute atomic E-state index is 0.303. The van der Waals surface area contributed by atoms with Crippen molar-refractivity contribution in [3.8, 4) is 0 Å². The molecular formula is C13H27O3P. The predicted molar refractivity (Wildman–Crippen MR) is 73.5 cm³/mol. The third-order valence-corrected chi connectivity index (χ3v) is 4.22. The van der Waals surface area contributed by atoms with E-state index in [2.05, 4.69) is 6.58 Å². The van der Waals surface area contributed by atoms with Crippen molar-refractivity contribution in [2.24, 2.45) is 0 Å². The van der Waals surface area contributed by atoms with E-state index in [1.54, 1.807) is 6.92 Å². The van der Waals surface area contributed by atoms with Gasteiger partial charge >= 0.3 is 7.60 Å². The summed E-state index contributed by atoms with van der Waals surface area (Å²) in [5.74, 6) is 0. The van der Waals surface area contributed by atoms with Crippen LogP contribution in [0.3, 0.4) is 0 Å². The largest absolute Gasteiger partial charge is 0.328 e. The fourth-order valence-corrected chi connectivity index (χ4v) is 2.91. The molecule has 4 heteroatoms. The third kappa shape index (κ3) is 12.1. The lowest BCUT2D eigenvalue weighted by Gasteiger charge is -2.09. The molecule has 0 rings (SSSR count). The maximum Gasteiger partial charge on any atom is 0.328 e. The lowest BCUT2D eigenvalue weighted by Crippen LogP contribution is -1.94. The van der Waals surface area contributed by atoms with Crippen LogP contribution >= 0.6 is 7.60 Å². The van der Waals surface area contributed by atoms with Crippen LogP contribution in [0.5, 0.6) is 0 Å². The second-order valence-electron chi connectivity index (χ2n) is 4.33. The van der Waals surface area contributed by atoms with Gasteiger partial charge in [0.1, 0.15) is 0 Å². The van der Waals surface area contributed by atoms with Gasteiger partial charge in [0.15, 0.2) is 0 Å². The number of rotatable bonds is 12. The van der Waals surface area contributed by atoms with Crippen molar-refractivity contribution in [2.75, 3.05) is 12.8 Å². The number of hydrogen-bond acceptors (Lipinski definition) is 2. The summed E-state index contributed by atoms with van der Waals surface area (Å²) in [6.45, 7) is 5.75. The second-order valence-corrected chi connectivity index (χ2v) is 6.31. The summed E-state index contributed by atoms with van der Waals surface area (Å²) >= 11 is 0. The van der Waals surface area contributed by atoms with Gasteiger partial charge in [0.25, 0.3) is 0 Å². The Balaban J connectivity index is 3.23. The first-order valence-corrected chi connectivity index (χ1v) is 8.46. The first-order chi connectivity index (χ1) is 8.12. The minimum atomic E-state index is -3.27. The molecule has 0 saturated heterocycles. The van der Waals surface area contributed by atoms with Crippen LogP contribution in [-0.2, 0) is 9.09 Å². The maximum absolute atomic E-state index is 11.3. The summed E-state index contributed by atoms with van der Waals surface area (Å²) in [7, 11) is -3.27. The van der Waals surface area contributed by atoms with Crippen LogP contribution in [0.25, 0.3) is 0 Å². The van der Waals surface area contributed by atoms with Crippen LogP contribution in [0.2, 0.25) is 0 Å². The van der Waals surface area contributed by atoms with Crippen molar-refractivity contribution in [1.29, 1.82) is 0 Å². The topological polar surface area (TPSA) is 46.5 Å². The molecule has 1 unspecified atom stereocenters. The Kier molecular flexibility index (Phi) is 10.9. The van der Waals surface area contributed by atoms with Gasteiger partial charge in [0.05, 0.1) is 6.61 Å². The molecule has 0 aromatic rings. The molecule has 0 aromatic carbocycles. The minimum Gasteiger partial charge on any atom is -0.324 e. The van der Waals surface area contributed by atoms with Crippen molar-refractivity contribution in [1.82, 2.24) is 0 Å². The Morgan fingerprint density at radius 3 is 2.18 bits per heavy atom. The van der Waals surface area contributed by atoms with E-state index < -0.39 is 7.60 Å². The van der Waals surface area contributed by atoms with Crippen LogP contribution in [-0.4, -0.2) is 17.7 Å². The van der Waals surface area contributed by atoms with E-state index in [0.29, 0.717) is 12.8 Å². The molecule has 1 N–H and O–H groups in total. The smallest absolute Gasteiger partial charge is 0.324 e. The van der Waals surface area contributed by atoms with E-state index in [-0.39, 0.29) is 0 Å². The number of unbranched alkanes of at least 4 members (excludes halogenated alkanes) is 7. The van der Waals surface area contributed by atoms with Crippen LogP contribution < -0.4 is 0 Å². The zero-order valence-corrected chi connectivity index (χ0v) is 12.0. The van der Waals surface area contributed by atoms with Gasteiger partial charge in [-0.2, -0.15) is 0 Å². The molecule has 3 nitrogen and oxygen atoms in total. The van der Waals surface area contributed by atoms with Crippen molar-refractivity contribution >= 4 is 7.60 Å². The van der Waals surface area contributed by atoms with E-state index >= 15 is 0 Å². The predicted octanol–water partition coefficient (Wildman–Crippen LogP) is 4.52. The van der Waals surface area contributed by atoms with Crippen LogP contribution in [0.15, 0.2) is 12.7 Å². The molecule has 1 atom stereocenters.